The minimum atomic E-state index is -0.230. The van der Waals surface area contributed by atoms with Gasteiger partial charge in [0, 0.05) is 15.7 Å². The standard InChI is InChI=1S/C10H10BrClO2S/c11-7-10(13)14-5-6-15-9-3-1-8(12)2-4-9/h1-4H,5-7H2. The number of hydrogen-bond donors (Lipinski definition) is 0. The average molecular weight is 310 g/mol. The number of benzene rings is 1. The zero-order valence-electron chi connectivity index (χ0n) is 7.91. The maximum absolute atomic E-state index is 10.8. The molecular formula is C10H10BrClO2S. The van der Waals surface area contributed by atoms with Crippen LogP contribution in [0.15, 0.2) is 29.2 Å². The molecule has 15 heavy (non-hydrogen) atoms. The molecule has 0 amide bonds. The second-order valence-corrected chi connectivity index (χ2v) is 4.82. The van der Waals surface area contributed by atoms with Crippen LogP contribution in [0.2, 0.25) is 5.02 Å². The highest BCUT2D eigenvalue weighted by atomic mass is 79.9. The molecule has 0 fully saturated rings. The van der Waals surface area contributed by atoms with E-state index in [0.29, 0.717) is 6.61 Å². The van der Waals surface area contributed by atoms with Crippen LogP contribution in [0.5, 0.6) is 0 Å². The molecule has 0 aromatic heterocycles. The van der Waals surface area contributed by atoms with Crippen molar-refractivity contribution in [1.29, 1.82) is 0 Å². The van der Waals surface area contributed by atoms with Gasteiger partial charge >= 0.3 is 5.97 Å². The van der Waals surface area contributed by atoms with Gasteiger partial charge in [-0.2, -0.15) is 0 Å². The van der Waals surface area contributed by atoms with Gasteiger partial charge in [-0.05, 0) is 24.3 Å². The van der Waals surface area contributed by atoms with Crippen molar-refractivity contribution in [3.05, 3.63) is 29.3 Å². The monoisotopic (exact) mass is 308 g/mol. The molecule has 0 atom stereocenters. The van der Waals surface area contributed by atoms with Crippen molar-refractivity contribution in [3.63, 3.8) is 0 Å². The number of alkyl halides is 1. The SMILES string of the molecule is O=C(CBr)OCCSc1ccc(Cl)cc1. The Labute approximate surface area is 106 Å². The van der Waals surface area contributed by atoms with E-state index in [2.05, 4.69) is 15.9 Å². The third-order valence-corrected chi connectivity index (χ3v) is 3.22. The van der Waals surface area contributed by atoms with Gasteiger partial charge in [0.15, 0.2) is 0 Å². The summed E-state index contributed by atoms with van der Waals surface area (Å²) >= 11 is 10.4. The van der Waals surface area contributed by atoms with Crippen molar-refractivity contribution in [3.8, 4) is 0 Å². The van der Waals surface area contributed by atoms with Crippen molar-refractivity contribution in [2.45, 2.75) is 4.90 Å². The second-order valence-electron chi connectivity index (χ2n) is 2.66. The summed E-state index contributed by atoms with van der Waals surface area (Å²) in [6, 6.07) is 7.57. The zero-order chi connectivity index (χ0) is 11.1. The smallest absolute Gasteiger partial charge is 0.316 e. The number of carbonyl (C=O) groups is 1. The first-order chi connectivity index (χ1) is 7.22. The van der Waals surface area contributed by atoms with Crippen LogP contribution in [-0.2, 0) is 9.53 Å². The molecule has 1 rings (SSSR count). The molecule has 0 radical (unpaired) electrons. The third-order valence-electron chi connectivity index (χ3n) is 1.54. The maximum Gasteiger partial charge on any atom is 0.316 e. The highest BCUT2D eigenvalue weighted by Gasteiger charge is 1.99. The van der Waals surface area contributed by atoms with E-state index in [4.69, 9.17) is 16.3 Å². The Morgan fingerprint density at radius 1 is 1.40 bits per heavy atom. The molecule has 0 N–H and O–H groups in total. The summed E-state index contributed by atoms with van der Waals surface area (Å²) < 4.78 is 4.90. The molecule has 0 bridgehead atoms. The van der Waals surface area contributed by atoms with Crippen LogP contribution in [0.4, 0.5) is 0 Å². The summed E-state index contributed by atoms with van der Waals surface area (Å²) in [6.45, 7) is 0.428. The summed E-state index contributed by atoms with van der Waals surface area (Å²) in [5.74, 6) is 0.520. The van der Waals surface area contributed by atoms with E-state index < -0.39 is 0 Å². The molecule has 0 unspecified atom stereocenters. The molecule has 1 aromatic rings. The molecule has 1 aromatic carbocycles. The minimum absolute atomic E-state index is 0.230. The normalized spacial score (nSPS) is 10.0. The van der Waals surface area contributed by atoms with Gasteiger partial charge in [0.25, 0.3) is 0 Å². The van der Waals surface area contributed by atoms with E-state index in [1.807, 2.05) is 24.3 Å². The first kappa shape index (κ1) is 12.9. The molecule has 2 nitrogen and oxygen atoms in total. The fourth-order valence-corrected chi connectivity index (χ4v) is 1.90. The first-order valence-electron chi connectivity index (χ1n) is 4.32. The van der Waals surface area contributed by atoms with Crippen molar-refractivity contribution < 1.29 is 9.53 Å². The van der Waals surface area contributed by atoms with E-state index in [-0.39, 0.29) is 11.3 Å². The Balaban J connectivity index is 2.20. The Hall–Kier alpha value is -0.190. The number of esters is 1. The molecule has 0 aliphatic carbocycles. The predicted molar refractivity (Wildman–Crippen MR) is 66.9 cm³/mol. The average Bonchev–Trinajstić information content (AvgIpc) is 2.26. The quantitative estimate of drug-likeness (QED) is 0.361. The summed E-state index contributed by atoms with van der Waals surface area (Å²) in [6.07, 6.45) is 0. The summed E-state index contributed by atoms with van der Waals surface area (Å²) in [4.78, 5) is 11.9. The van der Waals surface area contributed by atoms with E-state index >= 15 is 0 Å². The molecule has 0 heterocycles. The number of carbonyl (C=O) groups excluding carboxylic acids is 1. The maximum atomic E-state index is 10.8. The van der Waals surface area contributed by atoms with Crippen LogP contribution in [0.25, 0.3) is 0 Å². The van der Waals surface area contributed by atoms with Gasteiger partial charge in [0.05, 0.1) is 0 Å². The van der Waals surface area contributed by atoms with Crippen LogP contribution >= 0.6 is 39.3 Å². The number of rotatable bonds is 5. The number of thioether (sulfide) groups is 1. The predicted octanol–water partition coefficient (Wildman–Crippen LogP) is 3.37. The van der Waals surface area contributed by atoms with Gasteiger partial charge in [-0.3, -0.25) is 4.79 Å². The molecule has 0 aliphatic heterocycles. The number of halogens is 2. The highest BCUT2D eigenvalue weighted by Crippen LogP contribution is 2.19. The summed E-state index contributed by atoms with van der Waals surface area (Å²) in [7, 11) is 0. The largest absolute Gasteiger partial charge is 0.464 e. The highest BCUT2D eigenvalue weighted by molar-refractivity contribution is 9.09. The number of hydrogen-bond acceptors (Lipinski definition) is 3. The Kier molecular flexibility index (Phi) is 6.13. The van der Waals surface area contributed by atoms with E-state index in [1.54, 1.807) is 11.8 Å². The Morgan fingerprint density at radius 2 is 2.07 bits per heavy atom. The van der Waals surface area contributed by atoms with E-state index in [9.17, 15) is 4.79 Å². The lowest BCUT2D eigenvalue weighted by Crippen LogP contribution is -2.07. The second kappa shape index (κ2) is 7.14. The molecule has 82 valence electrons. The van der Waals surface area contributed by atoms with Crippen molar-refractivity contribution in [2.24, 2.45) is 0 Å². The lowest BCUT2D eigenvalue weighted by atomic mass is 10.4. The van der Waals surface area contributed by atoms with Crippen LogP contribution in [0, 0.1) is 0 Å². The third kappa shape index (κ3) is 5.44. The fourth-order valence-electron chi connectivity index (χ4n) is 0.884. The molecule has 0 saturated carbocycles. The lowest BCUT2D eigenvalue weighted by Gasteiger charge is -2.02. The Morgan fingerprint density at radius 3 is 2.67 bits per heavy atom. The van der Waals surface area contributed by atoms with Gasteiger partial charge in [-0.25, -0.2) is 0 Å². The van der Waals surface area contributed by atoms with Gasteiger partial charge in [0.2, 0.25) is 0 Å². The molecular weight excluding hydrogens is 300 g/mol. The molecule has 0 spiro atoms. The van der Waals surface area contributed by atoms with E-state index in [0.717, 1.165) is 15.7 Å². The van der Waals surface area contributed by atoms with Crippen LogP contribution in [0.1, 0.15) is 0 Å². The fraction of sp³-hybridized carbons (Fsp3) is 0.300. The first-order valence-corrected chi connectivity index (χ1v) is 6.81. The lowest BCUT2D eigenvalue weighted by molar-refractivity contribution is -0.139. The topological polar surface area (TPSA) is 26.3 Å². The molecule has 0 aliphatic rings. The zero-order valence-corrected chi connectivity index (χ0v) is 11.1. The number of ether oxygens (including phenoxy) is 1. The molecule has 5 heteroatoms. The van der Waals surface area contributed by atoms with Crippen molar-refractivity contribution in [2.75, 3.05) is 17.7 Å². The van der Waals surface area contributed by atoms with Crippen LogP contribution in [-0.4, -0.2) is 23.7 Å². The van der Waals surface area contributed by atoms with Crippen LogP contribution in [0.3, 0.4) is 0 Å². The van der Waals surface area contributed by atoms with Crippen molar-refractivity contribution >= 4 is 45.3 Å². The summed E-state index contributed by atoms with van der Waals surface area (Å²) in [5.41, 5.74) is 0. The van der Waals surface area contributed by atoms with Crippen LogP contribution < -0.4 is 0 Å². The Bertz CT molecular complexity index is 316. The van der Waals surface area contributed by atoms with Crippen molar-refractivity contribution in [1.82, 2.24) is 0 Å². The van der Waals surface area contributed by atoms with E-state index in [1.165, 1.54) is 0 Å². The summed E-state index contributed by atoms with van der Waals surface area (Å²) in [5, 5.41) is 0.976. The van der Waals surface area contributed by atoms with Gasteiger partial charge < -0.3 is 4.74 Å². The van der Waals surface area contributed by atoms with Gasteiger partial charge in [0.1, 0.15) is 11.9 Å². The van der Waals surface area contributed by atoms with Gasteiger partial charge in [-0.1, -0.05) is 27.5 Å². The molecule has 0 saturated heterocycles. The van der Waals surface area contributed by atoms with Gasteiger partial charge in [-0.15, -0.1) is 11.8 Å². The minimum Gasteiger partial charge on any atom is -0.464 e.